The van der Waals surface area contributed by atoms with E-state index in [2.05, 4.69) is 0 Å². The highest BCUT2D eigenvalue weighted by Gasteiger charge is 2.37. The number of rotatable bonds is 2. The average molecular weight is 416 g/mol. The molecule has 152 valence electrons. The van der Waals surface area contributed by atoms with Gasteiger partial charge in [-0.3, -0.25) is 4.79 Å². The SMILES string of the molecule is C[C@@H]1CN(C)C[C@@H](O)[C@H]1c1c(O)cc(O)c2c(=O)cc(-c3ccccc3Cl)oc12. The lowest BCUT2D eigenvalue weighted by molar-refractivity contribution is 0.0343. The Hall–Kier alpha value is -2.54. The van der Waals surface area contributed by atoms with E-state index in [1.54, 1.807) is 24.3 Å². The first-order valence-corrected chi connectivity index (χ1v) is 9.80. The van der Waals surface area contributed by atoms with E-state index in [0.29, 0.717) is 29.2 Å². The van der Waals surface area contributed by atoms with Crippen molar-refractivity contribution in [2.24, 2.45) is 5.92 Å². The second kappa shape index (κ2) is 7.37. The summed E-state index contributed by atoms with van der Waals surface area (Å²) in [5.41, 5.74) is 0.483. The van der Waals surface area contributed by atoms with Crippen LogP contribution in [-0.4, -0.2) is 46.5 Å². The summed E-state index contributed by atoms with van der Waals surface area (Å²) in [6, 6.07) is 9.37. The largest absolute Gasteiger partial charge is 0.507 e. The van der Waals surface area contributed by atoms with Crippen molar-refractivity contribution in [2.45, 2.75) is 18.9 Å². The fourth-order valence-corrected chi connectivity index (χ4v) is 4.64. The van der Waals surface area contributed by atoms with Crippen molar-refractivity contribution in [1.29, 1.82) is 0 Å². The van der Waals surface area contributed by atoms with Crippen LogP contribution in [0.1, 0.15) is 18.4 Å². The number of likely N-dealkylation sites (N-methyl/N-ethyl adjacent to an activating group) is 1. The molecule has 29 heavy (non-hydrogen) atoms. The Bertz CT molecular complexity index is 1130. The predicted molar refractivity (Wildman–Crippen MR) is 112 cm³/mol. The molecule has 0 unspecified atom stereocenters. The molecule has 0 amide bonds. The number of fused-ring (bicyclic) bond motifs is 1. The van der Waals surface area contributed by atoms with Gasteiger partial charge in [0.1, 0.15) is 28.2 Å². The molecule has 1 saturated heterocycles. The van der Waals surface area contributed by atoms with Gasteiger partial charge in [-0.1, -0.05) is 30.7 Å². The van der Waals surface area contributed by atoms with Gasteiger partial charge in [0.2, 0.25) is 0 Å². The fraction of sp³-hybridized carbons (Fsp3) is 0.318. The monoisotopic (exact) mass is 415 g/mol. The molecule has 3 atom stereocenters. The minimum Gasteiger partial charge on any atom is -0.507 e. The normalized spacial score (nSPS) is 22.8. The topological polar surface area (TPSA) is 94.1 Å². The zero-order valence-electron chi connectivity index (χ0n) is 16.1. The summed E-state index contributed by atoms with van der Waals surface area (Å²) in [5, 5.41) is 32.2. The number of phenols is 2. The number of hydrogen-bond donors (Lipinski definition) is 3. The summed E-state index contributed by atoms with van der Waals surface area (Å²) < 4.78 is 6.05. The zero-order valence-corrected chi connectivity index (χ0v) is 16.8. The molecule has 0 radical (unpaired) electrons. The van der Waals surface area contributed by atoms with E-state index in [4.69, 9.17) is 16.0 Å². The lowest BCUT2D eigenvalue weighted by Crippen LogP contribution is -2.45. The number of phenolic OH excluding ortho intramolecular Hbond substituents is 2. The summed E-state index contributed by atoms with van der Waals surface area (Å²) in [5.74, 6) is -0.823. The number of aromatic hydroxyl groups is 2. The molecule has 1 aliphatic heterocycles. The van der Waals surface area contributed by atoms with Gasteiger partial charge in [0.15, 0.2) is 5.43 Å². The first kappa shape index (κ1) is 19.8. The first-order valence-electron chi connectivity index (χ1n) is 9.42. The van der Waals surface area contributed by atoms with Crippen molar-refractivity contribution in [2.75, 3.05) is 20.1 Å². The van der Waals surface area contributed by atoms with E-state index in [-0.39, 0.29) is 34.1 Å². The van der Waals surface area contributed by atoms with Gasteiger partial charge >= 0.3 is 0 Å². The first-order chi connectivity index (χ1) is 13.8. The van der Waals surface area contributed by atoms with Gasteiger partial charge in [0.05, 0.1) is 11.1 Å². The molecule has 0 spiro atoms. The molecule has 2 aromatic carbocycles. The van der Waals surface area contributed by atoms with Gasteiger partial charge in [0, 0.05) is 42.3 Å². The van der Waals surface area contributed by atoms with Gasteiger partial charge < -0.3 is 24.6 Å². The Morgan fingerprint density at radius 2 is 1.86 bits per heavy atom. The van der Waals surface area contributed by atoms with Crippen molar-refractivity contribution in [3.63, 3.8) is 0 Å². The molecule has 0 saturated carbocycles. The Morgan fingerprint density at radius 1 is 1.14 bits per heavy atom. The zero-order chi connectivity index (χ0) is 20.9. The standard InChI is InChI=1S/C22H22ClNO5/c1-11-9-24(2)10-17(28)19(11)21-15(26)7-14(25)20-16(27)8-18(29-22(20)21)12-5-3-4-6-13(12)23/h3-8,11,17,19,25-26,28H,9-10H2,1-2H3/t11-,17-,19+/m1/s1. The number of halogens is 1. The van der Waals surface area contributed by atoms with Crippen LogP contribution in [0.3, 0.4) is 0 Å². The van der Waals surface area contributed by atoms with Crippen molar-refractivity contribution in [1.82, 2.24) is 4.90 Å². The number of piperidine rings is 1. The smallest absolute Gasteiger partial charge is 0.197 e. The highest BCUT2D eigenvalue weighted by Crippen LogP contribution is 2.44. The number of β-amino-alcohol motifs (C(OH)–C–C–N with tert-alkyl or cyclic N) is 1. The molecule has 6 nitrogen and oxygen atoms in total. The number of hydrogen-bond acceptors (Lipinski definition) is 6. The summed E-state index contributed by atoms with van der Waals surface area (Å²) in [6.45, 7) is 3.10. The van der Waals surface area contributed by atoms with Crippen LogP contribution in [0.2, 0.25) is 5.02 Å². The van der Waals surface area contributed by atoms with E-state index in [9.17, 15) is 20.1 Å². The van der Waals surface area contributed by atoms with Gasteiger partial charge in [-0.25, -0.2) is 0 Å². The van der Waals surface area contributed by atoms with Crippen molar-refractivity contribution in [3.8, 4) is 22.8 Å². The number of aliphatic hydroxyl groups excluding tert-OH is 1. The minimum atomic E-state index is -0.767. The molecule has 1 aromatic heterocycles. The van der Waals surface area contributed by atoms with Crippen molar-refractivity contribution >= 4 is 22.6 Å². The summed E-state index contributed by atoms with van der Waals surface area (Å²) in [4.78, 5) is 14.9. The molecule has 4 rings (SSSR count). The minimum absolute atomic E-state index is 0.0170. The van der Waals surface area contributed by atoms with Crippen LogP contribution in [0, 0.1) is 5.92 Å². The fourth-order valence-electron chi connectivity index (χ4n) is 4.41. The second-order valence-electron chi connectivity index (χ2n) is 7.78. The van der Waals surface area contributed by atoms with Crippen LogP contribution in [0.4, 0.5) is 0 Å². The summed E-state index contributed by atoms with van der Waals surface area (Å²) >= 11 is 6.27. The highest BCUT2D eigenvalue weighted by molar-refractivity contribution is 6.33. The van der Waals surface area contributed by atoms with Gasteiger partial charge in [-0.2, -0.15) is 0 Å². The Kier molecular flexibility index (Phi) is 5.02. The molecule has 0 bridgehead atoms. The van der Waals surface area contributed by atoms with Crippen LogP contribution in [0.5, 0.6) is 11.5 Å². The lowest BCUT2D eigenvalue weighted by Gasteiger charge is -2.39. The summed E-state index contributed by atoms with van der Waals surface area (Å²) in [6.07, 6.45) is -0.767. The molecular formula is C22H22ClNO5. The molecule has 0 aliphatic carbocycles. The average Bonchev–Trinajstić information content (AvgIpc) is 2.63. The number of likely N-dealkylation sites (tertiary alicyclic amines) is 1. The molecule has 3 N–H and O–H groups in total. The van der Waals surface area contributed by atoms with E-state index >= 15 is 0 Å². The number of aliphatic hydroxyl groups is 1. The molecule has 3 aromatic rings. The Morgan fingerprint density at radius 3 is 2.55 bits per heavy atom. The third-order valence-corrected chi connectivity index (χ3v) is 5.93. The van der Waals surface area contributed by atoms with Crippen LogP contribution in [0.15, 0.2) is 45.6 Å². The number of nitrogens with zero attached hydrogens (tertiary/aromatic N) is 1. The van der Waals surface area contributed by atoms with E-state index in [0.717, 1.165) is 6.07 Å². The van der Waals surface area contributed by atoms with Crippen molar-refractivity contribution in [3.05, 3.63) is 57.2 Å². The molecule has 1 aliphatic rings. The maximum atomic E-state index is 12.9. The quantitative estimate of drug-likeness (QED) is 0.592. The maximum absolute atomic E-state index is 12.9. The molecule has 7 heteroatoms. The van der Waals surface area contributed by atoms with E-state index < -0.39 is 17.5 Å². The Labute approximate surface area is 172 Å². The predicted octanol–water partition coefficient (Wildman–Crippen LogP) is 3.55. The molecule has 1 fully saturated rings. The molecule has 2 heterocycles. The molecular weight excluding hydrogens is 394 g/mol. The third-order valence-electron chi connectivity index (χ3n) is 5.60. The van der Waals surface area contributed by atoms with E-state index in [1.165, 1.54) is 6.07 Å². The van der Waals surface area contributed by atoms with Crippen LogP contribution in [0.25, 0.3) is 22.3 Å². The van der Waals surface area contributed by atoms with Crippen molar-refractivity contribution < 1.29 is 19.7 Å². The van der Waals surface area contributed by atoms with Crippen LogP contribution < -0.4 is 5.43 Å². The third kappa shape index (κ3) is 3.37. The lowest BCUT2D eigenvalue weighted by atomic mass is 9.78. The van der Waals surface area contributed by atoms with Crippen LogP contribution >= 0.6 is 11.6 Å². The van der Waals surface area contributed by atoms with Gasteiger partial charge in [-0.15, -0.1) is 0 Å². The Balaban J connectivity index is 2.02. The second-order valence-corrected chi connectivity index (χ2v) is 8.19. The number of benzene rings is 2. The van der Waals surface area contributed by atoms with Gasteiger partial charge in [-0.05, 0) is 25.1 Å². The summed E-state index contributed by atoms with van der Waals surface area (Å²) in [7, 11) is 1.92. The van der Waals surface area contributed by atoms with Gasteiger partial charge in [0.25, 0.3) is 0 Å². The highest BCUT2D eigenvalue weighted by atomic mass is 35.5. The van der Waals surface area contributed by atoms with E-state index in [1.807, 2.05) is 18.9 Å². The van der Waals surface area contributed by atoms with Crippen LogP contribution in [-0.2, 0) is 0 Å². The maximum Gasteiger partial charge on any atom is 0.197 e.